The Labute approximate surface area is 111 Å². The monoisotopic (exact) mass is 256 g/mol. The van der Waals surface area contributed by atoms with Gasteiger partial charge >= 0.3 is 0 Å². The highest BCUT2D eigenvalue weighted by Gasteiger charge is 2.22. The van der Waals surface area contributed by atoms with E-state index >= 15 is 0 Å². The van der Waals surface area contributed by atoms with Crippen molar-refractivity contribution in [1.29, 1.82) is 0 Å². The first-order valence-electron chi connectivity index (χ1n) is 6.53. The second kappa shape index (κ2) is 5.25. The molecule has 1 aliphatic carbocycles. The van der Waals surface area contributed by atoms with Crippen molar-refractivity contribution in [2.75, 3.05) is 0 Å². The molecular weight excluding hydrogens is 234 g/mol. The van der Waals surface area contributed by atoms with E-state index in [0.717, 1.165) is 6.42 Å². The maximum Gasteiger partial charge on any atom is 0.0772 e. The van der Waals surface area contributed by atoms with Gasteiger partial charge in [0.1, 0.15) is 0 Å². The molecule has 1 radical (unpaired) electrons. The standard InChI is InChI=1S/C16H22NSi/c1-18(2,3)16-8-7-14(11-16)9-13-5-4-6-15(10-13)12-17/h4-8,10-11H,9,12,17H2,1-3H3. The summed E-state index contributed by atoms with van der Waals surface area (Å²) < 4.78 is 0. The molecule has 0 amide bonds. The van der Waals surface area contributed by atoms with Crippen molar-refractivity contribution >= 4 is 8.07 Å². The summed E-state index contributed by atoms with van der Waals surface area (Å²) in [7, 11) is -1.17. The van der Waals surface area contributed by atoms with Gasteiger partial charge in [-0.25, -0.2) is 0 Å². The van der Waals surface area contributed by atoms with Crippen LogP contribution in [0.15, 0.2) is 47.7 Å². The van der Waals surface area contributed by atoms with Gasteiger partial charge in [-0.1, -0.05) is 67.3 Å². The van der Waals surface area contributed by atoms with E-state index in [1.165, 1.54) is 17.0 Å². The minimum absolute atomic E-state index is 0.620. The Balaban J connectivity index is 2.08. The maximum atomic E-state index is 5.68. The van der Waals surface area contributed by atoms with E-state index in [4.69, 9.17) is 5.73 Å². The van der Waals surface area contributed by atoms with E-state index in [-0.39, 0.29) is 0 Å². The minimum atomic E-state index is -1.17. The number of benzene rings is 1. The van der Waals surface area contributed by atoms with Crippen LogP contribution in [0.5, 0.6) is 0 Å². The Bertz CT molecular complexity index is 480. The first-order valence-corrected chi connectivity index (χ1v) is 10.0. The van der Waals surface area contributed by atoms with Gasteiger partial charge in [-0.3, -0.25) is 0 Å². The maximum absolute atomic E-state index is 5.68. The number of nitrogens with two attached hydrogens (primary N) is 1. The third-order valence-corrected chi connectivity index (χ3v) is 5.36. The molecule has 0 saturated heterocycles. The van der Waals surface area contributed by atoms with Crippen molar-refractivity contribution in [3.05, 3.63) is 64.7 Å². The molecule has 0 fully saturated rings. The molecule has 0 spiro atoms. The van der Waals surface area contributed by atoms with Gasteiger partial charge in [0.05, 0.1) is 8.07 Å². The Hall–Kier alpha value is -1.12. The van der Waals surface area contributed by atoms with Crippen molar-refractivity contribution in [3.63, 3.8) is 0 Å². The normalized spacial score (nSPS) is 16.1. The van der Waals surface area contributed by atoms with Crippen LogP contribution in [0.1, 0.15) is 11.1 Å². The lowest BCUT2D eigenvalue weighted by Crippen LogP contribution is -2.21. The van der Waals surface area contributed by atoms with Gasteiger partial charge in [-0.05, 0) is 17.5 Å². The lowest BCUT2D eigenvalue weighted by atomic mass is 9.99. The molecule has 1 aromatic carbocycles. The van der Waals surface area contributed by atoms with Crippen LogP contribution in [0.25, 0.3) is 0 Å². The lowest BCUT2D eigenvalue weighted by Gasteiger charge is -2.16. The van der Waals surface area contributed by atoms with Gasteiger partial charge in [0, 0.05) is 12.5 Å². The summed E-state index contributed by atoms with van der Waals surface area (Å²) in [6.07, 6.45) is 7.96. The molecule has 0 aliphatic heterocycles. The Morgan fingerprint density at radius 3 is 2.39 bits per heavy atom. The van der Waals surface area contributed by atoms with Crippen molar-refractivity contribution in [3.8, 4) is 0 Å². The fraction of sp³-hybridized carbons (Fsp3) is 0.312. The Kier molecular flexibility index (Phi) is 3.88. The lowest BCUT2D eigenvalue weighted by molar-refractivity contribution is 1.04. The van der Waals surface area contributed by atoms with Crippen LogP contribution in [-0.4, -0.2) is 8.07 Å². The highest BCUT2D eigenvalue weighted by molar-refractivity contribution is 6.83. The largest absolute Gasteiger partial charge is 0.326 e. The third kappa shape index (κ3) is 3.21. The fourth-order valence-electron chi connectivity index (χ4n) is 2.17. The molecule has 2 rings (SSSR count). The molecule has 95 valence electrons. The smallest absolute Gasteiger partial charge is 0.0772 e. The Morgan fingerprint density at radius 2 is 1.78 bits per heavy atom. The van der Waals surface area contributed by atoms with E-state index in [2.05, 4.69) is 62.1 Å². The molecule has 18 heavy (non-hydrogen) atoms. The topological polar surface area (TPSA) is 26.0 Å². The molecule has 2 N–H and O–H groups in total. The summed E-state index contributed by atoms with van der Waals surface area (Å²) in [6.45, 7) is 7.79. The van der Waals surface area contributed by atoms with Gasteiger partial charge in [-0.15, -0.1) is 0 Å². The number of hydrogen-bond acceptors (Lipinski definition) is 1. The molecule has 1 nitrogen and oxygen atoms in total. The predicted octanol–water partition coefficient (Wildman–Crippen LogP) is 3.64. The number of hydrogen-bond donors (Lipinski definition) is 1. The van der Waals surface area contributed by atoms with Crippen LogP contribution < -0.4 is 5.73 Å². The molecule has 0 aromatic heterocycles. The van der Waals surface area contributed by atoms with Crippen LogP contribution in [-0.2, 0) is 13.0 Å². The van der Waals surface area contributed by atoms with Crippen molar-refractivity contribution in [2.24, 2.45) is 5.73 Å². The van der Waals surface area contributed by atoms with E-state index in [1.54, 1.807) is 5.20 Å². The second-order valence-corrected chi connectivity index (χ2v) is 11.0. The van der Waals surface area contributed by atoms with Gasteiger partial charge in [0.15, 0.2) is 0 Å². The van der Waals surface area contributed by atoms with E-state index in [1.807, 2.05) is 0 Å². The number of allylic oxidation sites excluding steroid dienone is 4. The molecule has 0 saturated carbocycles. The van der Waals surface area contributed by atoms with Gasteiger partial charge in [0.2, 0.25) is 0 Å². The summed E-state index contributed by atoms with van der Waals surface area (Å²) in [4.78, 5) is 0. The minimum Gasteiger partial charge on any atom is -0.326 e. The third-order valence-electron chi connectivity index (χ3n) is 3.32. The molecule has 2 heteroatoms. The molecular formula is C16H22NSi. The highest BCUT2D eigenvalue weighted by Crippen LogP contribution is 2.28. The zero-order chi connectivity index (χ0) is 13.2. The second-order valence-electron chi connectivity index (χ2n) is 5.96. The summed E-state index contributed by atoms with van der Waals surface area (Å²) in [5.74, 6) is 1.42. The summed E-state index contributed by atoms with van der Waals surface area (Å²) in [6, 6.07) is 8.57. The van der Waals surface area contributed by atoms with Gasteiger partial charge in [0.25, 0.3) is 0 Å². The van der Waals surface area contributed by atoms with E-state index < -0.39 is 8.07 Å². The van der Waals surface area contributed by atoms with Gasteiger partial charge < -0.3 is 5.73 Å². The molecule has 1 aliphatic rings. The molecule has 0 unspecified atom stereocenters. The van der Waals surface area contributed by atoms with Gasteiger partial charge in [-0.2, -0.15) is 0 Å². The average molecular weight is 256 g/mol. The average Bonchev–Trinajstić information content (AvgIpc) is 2.77. The number of rotatable bonds is 4. The quantitative estimate of drug-likeness (QED) is 0.818. The first-order chi connectivity index (χ1) is 8.49. The van der Waals surface area contributed by atoms with Crippen molar-refractivity contribution in [2.45, 2.75) is 32.6 Å². The van der Waals surface area contributed by atoms with Crippen LogP contribution in [0.4, 0.5) is 0 Å². The molecule has 1 aromatic rings. The zero-order valence-corrected chi connectivity index (χ0v) is 12.5. The van der Waals surface area contributed by atoms with E-state index in [9.17, 15) is 0 Å². The summed E-state index contributed by atoms with van der Waals surface area (Å²) in [5.41, 5.74) is 8.24. The molecule has 0 heterocycles. The molecule has 0 bridgehead atoms. The summed E-state index contributed by atoms with van der Waals surface area (Å²) >= 11 is 0. The first kappa shape index (κ1) is 13.3. The SMILES string of the molecule is C[Si](C)(C)C1=C[C](Cc2cccc(CN)c2)C=C1. The van der Waals surface area contributed by atoms with Crippen molar-refractivity contribution < 1.29 is 0 Å². The van der Waals surface area contributed by atoms with Crippen molar-refractivity contribution in [1.82, 2.24) is 0 Å². The van der Waals surface area contributed by atoms with Crippen LogP contribution in [0.2, 0.25) is 19.6 Å². The fourth-order valence-corrected chi connectivity index (χ4v) is 3.37. The molecule has 0 atom stereocenters. The van der Waals surface area contributed by atoms with E-state index in [0.29, 0.717) is 6.54 Å². The van der Waals surface area contributed by atoms with Crippen LogP contribution >= 0.6 is 0 Å². The van der Waals surface area contributed by atoms with Crippen LogP contribution in [0.3, 0.4) is 0 Å². The predicted molar refractivity (Wildman–Crippen MR) is 81.8 cm³/mol. The zero-order valence-electron chi connectivity index (χ0n) is 11.5. The summed E-state index contributed by atoms with van der Waals surface area (Å²) in [5, 5.41) is 1.55. The Morgan fingerprint density at radius 1 is 1.06 bits per heavy atom. The highest BCUT2D eigenvalue weighted by atomic mass is 28.3. The van der Waals surface area contributed by atoms with Crippen LogP contribution in [0, 0.1) is 5.92 Å².